The van der Waals surface area contributed by atoms with Crippen LogP contribution in [0.3, 0.4) is 0 Å². The lowest BCUT2D eigenvalue weighted by Gasteiger charge is -2.27. The molecule has 0 unspecified atom stereocenters. The summed E-state index contributed by atoms with van der Waals surface area (Å²) in [5, 5.41) is 5.38. The molecule has 0 saturated carbocycles. The van der Waals surface area contributed by atoms with Crippen LogP contribution < -0.4 is 5.32 Å². The Labute approximate surface area is 120 Å². The highest BCUT2D eigenvalue weighted by Crippen LogP contribution is 2.34. The number of carbonyl (C=O) groups excluding carboxylic acids is 1. The highest BCUT2D eigenvalue weighted by atomic mass is 16.3. The van der Waals surface area contributed by atoms with Gasteiger partial charge in [-0.15, -0.1) is 0 Å². The maximum absolute atomic E-state index is 11.6. The first kappa shape index (κ1) is 16.3. The molecule has 4 heteroatoms. The Morgan fingerprint density at radius 2 is 1.70 bits per heavy atom. The highest BCUT2D eigenvalue weighted by Gasteiger charge is 2.22. The summed E-state index contributed by atoms with van der Waals surface area (Å²) in [5.74, 6) is -0.381. The fraction of sp³-hybridized carbons (Fsp3) is 0.562. The van der Waals surface area contributed by atoms with E-state index in [1.807, 2.05) is 12.1 Å². The second kappa shape index (κ2) is 5.73. The molecule has 4 nitrogen and oxygen atoms in total. The number of nitrogens with zero attached hydrogens (tertiary/aromatic N) is 1. The van der Waals surface area contributed by atoms with E-state index in [4.69, 9.17) is 0 Å². The normalized spacial score (nSPS) is 12.1. The van der Waals surface area contributed by atoms with E-state index in [0.717, 1.165) is 11.3 Å². The van der Waals surface area contributed by atoms with E-state index < -0.39 is 0 Å². The van der Waals surface area contributed by atoms with E-state index in [1.54, 1.807) is 0 Å². The van der Waals surface area contributed by atoms with Gasteiger partial charge in [-0.3, -0.25) is 4.79 Å². The van der Waals surface area contributed by atoms with Crippen molar-refractivity contribution in [1.29, 1.82) is 0 Å². The fourth-order valence-electron chi connectivity index (χ4n) is 1.99. The molecular formula is C16H24N2O2. The minimum absolute atomic E-state index is 0.0485. The van der Waals surface area contributed by atoms with Gasteiger partial charge < -0.3 is 5.32 Å². The van der Waals surface area contributed by atoms with Crippen molar-refractivity contribution in [1.82, 2.24) is 0 Å². The standard InChI is InChI=1S/C16H24N2O2/c1-15(2,3)11-7-8-13(18-14(19)10-17-20)12(9-11)16(4,5)6/h7-9H,10H2,1-6H3,(H,18,19). The van der Waals surface area contributed by atoms with E-state index >= 15 is 0 Å². The zero-order chi connectivity index (χ0) is 15.6. The highest BCUT2D eigenvalue weighted by molar-refractivity contribution is 5.93. The Morgan fingerprint density at radius 3 is 2.15 bits per heavy atom. The lowest BCUT2D eigenvalue weighted by atomic mass is 9.80. The lowest BCUT2D eigenvalue weighted by Crippen LogP contribution is -2.21. The number of hydrogen-bond acceptors (Lipinski definition) is 3. The molecule has 0 aliphatic heterocycles. The van der Waals surface area contributed by atoms with Gasteiger partial charge in [0.2, 0.25) is 5.91 Å². The van der Waals surface area contributed by atoms with Crippen LogP contribution in [0.25, 0.3) is 0 Å². The predicted octanol–water partition coefficient (Wildman–Crippen LogP) is 3.99. The average Bonchev–Trinajstić information content (AvgIpc) is 2.26. The molecule has 0 heterocycles. The van der Waals surface area contributed by atoms with Crippen LogP contribution in [0.2, 0.25) is 0 Å². The Kier molecular flexibility index (Phi) is 4.69. The van der Waals surface area contributed by atoms with E-state index in [2.05, 4.69) is 58.1 Å². The molecule has 0 aliphatic rings. The van der Waals surface area contributed by atoms with Crippen molar-refractivity contribution < 1.29 is 4.79 Å². The van der Waals surface area contributed by atoms with Crippen molar-refractivity contribution in [3.8, 4) is 0 Å². The van der Waals surface area contributed by atoms with Gasteiger partial charge in [-0.1, -0.05) is 58.9 Å². The second-order valence-electron chi connectivity index (χ2n) is 7.10. The van der Waals surface area contributed by atoms with Gasteiger partial charge in [-0.2, -0.15) is 4.91 Å². The van der Waals surface area contributed by atoms with Crippen LogP contribution in [0.4, 0.5) is 5.69 Å². The minimum Gasteiger partial charge on any atom is -0.324 e. The van der Waals surface area contributed by atoms with Crippen molar-refractivity contribution in [2.24, 2.45) is 5.18 Å². The van der Waals surface area contributed by atoms with Crippen LogP contribution in [0.15, 0.2) is 23.4 Å². The Bertz CT molecular complexity index is 508. The smallest absolute Gasteiger partial charge is 0.249 e. The molecule has 20 heavy (non-hydrogen) atoms. The van der Waals surface area contributed by atoms with Crippen molar-refractivity contribution in [2.75, 3.05) is 11.9 Å². The minimum atomic E-state index is -0.381. The van der Waals surface area contributed by atoms with Crippen LogP contribution >= 0.6 is 0 Å². The molecule has 0 bridgehead atoms. The van der Waals surface area contributed by atoms with Crippen molar-refractivity contribution in [2.45, 2.75) is 52.4 Å². The molecule has 0 aliphatic carbocycles. The maximum Gasteiger partial charge on any atom is 0.249 e. The summed E-state index contributed by atoms with van der Waals surface area (Å²) in [4.78, 5) is 21.7. The van der Waals surface area contributed by atoms with Gasteiger partial charge in [0, 0.05) is 5.69 Å². The molecule has 1 N–H and O–H groups in total. The molecule has 110 valence electrons. The van der Waals surface area contributed by atoms with Crippen LogP contribution in [0.5, 0.6) is 0 Å². The summed E-state index contributed by atoms with van der Waals surface area (Å²) in [7, 11) is 0. The quantitative estimate of drug-likeness (QED) is 0.849. The van der Waals surface area contributed by atoms with E-state index in [-0.39, 0.29) is 23.3 Å². The molecule has 0 atom stereocenters. The van der Waals surface area contributed by atoms with Crippen LogP contribution in [0.1, 0.15) is 52.7 Å². The number of hydrogen-bond donors (Lipinski definition) is 1. The van der Waals surface area contributed by atoms with Crippen LogP contribution in [-0.2, 0) is 15.6 Å². The van der Waals surface area contributed by atoms with Crippen molar-refractivity contribution in [3.05, 3.63) is 34.2 Å². The fourth-order valence-corrected chi connectivity index (χ4v) is 1.99. The number of nitroso groups, excluding NO2 is 1. The largest absolute Gasteiger partial charge is 0.324 e. The van der Waals surface area contributed by atoms with E-state index in [0.29, 0.717) is 0 Å². The number of benzene rings is 1. The SMILES string of the molecule is CC(C)(C)c1ccc(NC(=O)CN=O)c(C(C)(C)C)c1. The molecule has 0 fully saturated rings. The molecule has 0 spiro atoms. The first-order valence-electron chi connectivity index (χ1n) is 6.79. The molecule has 1 aromatic carbocycles. The topological polar surface area (TPSA) is 58.5 Å². The van der Waals surface area contributed by atoms with Crippen LogP contribution in [-0.4, -0.2) is 12.5 Å². The molecule has 1 aromatic rings. The molecule has 0 saturated heterocycles. The number of amides is 1. The Morgan fingerprint density at radius 1 is 1.10 bits per heavy atom. The molecular weight excluding hydrogens is 252 g/mol. The van der Waals surface area contributed by atoms with Gasteiger partial charge in [0.05, 0.1) is 0 Å². The van der Waals surface area contributed by atoms with E-state index in [1.165, 1.54) is 5.56 Å². The summed E-state index contributed by atoms with van der Waals surface area (Å²) in [5.41, 5.74) is 2.98. The number of rotatable bonds is 3. The summed E-state index contributed by atoms with van der Waals surface area (Å²) < 4.78 is 0. The van der Waals surface area contributed by atoms with Gasteiger partial charge in [-0.05, 0) is 28.0 Å². The Hall–Kier alpha value is -1.71. The van der Waals surface area contributed by atoms with Gasteiger partial charge >= 0.3 is 0 Å². The van der Waals surface area contributed by atoms with Gasteiger partial charge in [-0.25, -0.2) is 0 Å². The molecule has 1 amide bonds. The zero-order valence-electron chi connectivity index (χ0n) is 13.2. The van der Waals surface area contributed by atoms with Crippen molar-refractivity contribution in [3.63, 3.8) is 0 Å². The predicted molar refractivity (Wildman–Crippen MR) is 83.1 cm³/mol. The third kappa shape index (κ3) is 4.15. The third-order valence-corrected chi connectivity index (χ3v) is 3.18. The molecule has 1 rings (SSSR count). The van der Waals surface area contributed by atoms with Gasteiger partial charge in [0.25, 0.3) is 0 Å². The number of carbonyl (C=O) groups is 1. The van der Waals surface area contributed by atoms with Gasteiger partial charge in [0.1, 0.15) is 0 Å². The first-order valence-corrected chi connectivity index (χ1v) is 6.79. The van der Waals surface area contributed by atoms with Crippen LogP contribution in [0, 0.1) is 4.91 Å². The summed E-state index contributed by atoms with van der Waals surface area (Å²) in [6.07, 6.45) is 0. The monoisotopic (exact) mass is 276 g/mol. The second-order valence-corrected chi connectivity index (χ2v) is 7.10. The zero-order valence-corrected chi connectivity index (χ0v) is 13.2. The summed E-state index contributed by atoms with van der Waals surface area (Å²) in [6, 6.07) is 6.05. The van der Waals surface area contributed by atoms with Crippen molar-refractivity contribution >= 4 is 11.6 Å². The summed E-state index contributed by atoms with van der Waals surface area (Å²) >= 11 is 0. The summed E-state index contributed by atoms with van der Waals surface area (Å²) in [6.45, 7) is 12.4. The number of nitrogens with one attached hydrogen (secondary N) is 1. The van der Waals surface area contributed by atoms with Gasteiger partial charge in [0.15, 0.2) is 6.54 Å². The lowest BCUT2D eigenvalue weighted by molar-refractivity contribution is -0.114. The van der Waals surface area contributed by atoms with E-state index in [9.17, 15) is 9.70 Å². The molecule has 0 radical (unpaired) electrons. The molecule has 0 aromatic heterocycles. The number of anilines is 1. The average molecular weight is 276 g/mol. The Balaban J connectivity index is 3.25. The first-order chi connectivity index (χ1) is 9.05. The third-order valence-electron chi connectivity index (χ3n) is 3.18. The maximum atomic E-state index is 11.6.